The number of para-hydroxylation sites is 1. The van der Waals surface area contributed by atoms with E-state index >= 15 is 0 Å². The maximum absolute atomic E-state index is 13.3. The first-order valence-electron chi connectivity index (χ1n) is 14.4. The Morgan fingerprint density at radius 1 is 1.09 bits per heavy atom. The Kier molecular flexibility index (Phi) is 7.99. The molecular formula is C30H31F3N4O6. The smallest absolute Gasteiger partial charge is 0.462 e. The highest BCUT2D eigenvalue weighted by Crippen LogP contribution is 2.46. The van der Waals surface area contributed by atoms with Gasteiger partial charge in [-0.15, -0.1) is 13.2 Å². The summed E-state index contributed by atoms with van der Waals surface area (Å²) in [5.74, 6) is 0.209. The third-order valence-corrected chi connectivity index (χ3v) is 8.03. The molecule has 1 aromatic carbocycles. The van der Waals surface area contributed by atoms with Crippen LogP contribution in [-0.2, 0) is 16.1 Å². The van der Waals surface area contributed by atoms with Crippen molar-refractivity contribution in [3.63, 3.8) is 0 Å². The molecule has 228 valence electrons. The highest BCUT2D eigenvalue weighted by atomic mass is 19.4. The quantitative estimate of drug-likeness (QED) is 0.279. The average molecular weight is 601 g/mol. The Balaban J connectivity index is 1.13. The number of halogens is 3. The van der Waals surface area contributed by atoms with Crippen molar-refractivity contribution >= 4 is 17.8 Å². The predicted molar refractivity (Wildman–Crippen MR) is 146 cm³/mol. The summed E-state index contributed by atoms with van der Waals surface area (Å²) >= 11 is 0. The van der Waals surface area contributed by atoms with Gasteiger partial charge in [0.15, 0.2) is 0 Å². The van der Waals surface area contributed by atoms with E-state index in [1.54, 1.807) is 13.0 Å². The molecule has 1 aliphatic carbocycles. The van der Waals surface area contributed by atoms with Crippen LogP contribution in [0.4, 0.5) is 23.8 Å². The SMILES string of the molecule is CCOC(=O)c1ccnc(NC(=O)N2C3CCC2CC(OCc2c(-c4ccccc4OC(F)(F)F)noc2C2CC2)C3)c1. The van der Waals surface area contributed by atoms with E-state index in [0.29, 0.717) is 29.7 Å². The van der Waals surface area contributed by atoms with Gasteiger partial charge in [0, 0.05) is 35.3 Å². The second-order valence-corrected chi connectivity index (χ2v) is 11.0. The van der Waals surface area contributed by atoms with E-state index in [0.717, 1.165) is 25.7 Å². The van der Waals surface area contributed by atoms with Gasteiger partial charge in [0.1, 0.15) is 23.0 Å². The zero-order valence-corrected chi connectivity index (χ0v) is 23.4. The number of carbonyl (C=O) groups excluding carboxylic acids is 2. The number of hydrogen-bond acceptors (Lipinski definition) is 8. The molecule has 0 radical (unpaired) electrons. The van der Waals surface area contributed by atoms with Crippen LogP contribution in [0.2, 0.25) is 0 Å². The number of piperidine rings is 1. The number of esters is 1. The molecular weight excluding hydrogens is 569 g/mol. The van der Waals surface area contributed by atoms with Gasteiger partial charge < -0.3 is 23.6 Å². The van der Waals surface area contributed by atoms with Gasteiger partial charge in [-0.3, -0.25) is 5.32 Å². The van der Waals surface area contributed by atoms with Crippen molar-refractivity contribution in [3.05, 3.63) is 59.5 Å². The van der Waals surface area contributed by atoms with E-state index in [1.807, 2.05) is 4.90 Å². The number of nitrogens with one attached hydrogen (secondary N) is 1. The highest BCUT2D eigenvalue weighted by Gasteiger charge is 2.44. The first-order valence-corrected chi connectivity index (χ1v) is 14.4. The zero-order valence-electron chi connectivity index (χ0n) is 23.4. The highest BCUT2D eigenvalue weighted by molar-refractivity contribution is 5.93. The molecule has 6 rings (SSSR count). The number of benzene rings is 1. The van der Waals surface area contributed by atoms with E-state index in [9.17, 15) is 22.8 Å². The molecule has 2 aromatic heterocycles. The van der Waals surface area contributed by atoms with Crippen LogP contribution in [0, 0.1) is 0 Å². The number of amides is 2. The number of hydrogen-bond donors (Lipinski definition) is 1. The molecule has 2 bridgehead atoms. The van der Waals surface area contributed by atoms with E-state index in [1.165, 1.54) is 36.5 Å². The van der Waals surface area contributed by atoms with Gasteiger partial charge >= 0.3 is 18.4 Å². The minimum absolute atomic E-state index is 0.0530. The molecule has 3 fully saturated rings. The number of rotatable bonds is 9. The van der Waals surface area contributed by atoms with Gasteiger partial charge in [0.05, 0.1) is 24.9 Å². The average Bonchev–Trinajstić information content (AvgIpc) is 3.67. The second kappa shape index (κ2) is 11.9. The van der Waals surface area contributed by atoms with Crippen LogP contribution in [-0.4, -0.2) is 58.2 Å². The maximum Gasteiger partial charge on any atom is 0.573 e. The number of fused-ring (bicyclic) bond motifs is 2. The van der Waals surface area contributed by atoms with Gasteiger partial charge in [-0.2, -0.15) is 0 Å². The number of anilines is 1. The predicted octanol–water partition coefficient (Wildman–Crippen LogP) is 6.43. The summed E-state index contributed by atoms with van der Waals surface area (Å²) in [5.41, 5.74) is 1.38. The lowest BCUT2D eigenvalue weighted by atomic mass is 9.99. The molecule has 2 atom stereocenters. The van der Waals surface area contributed by atoms with E-state index in [2.05, 4.69) is 20.2 Å². The summed E-state index contributed by atoms with van der Waals surface area (Å²) in [5, 5.41) is 6.96. The van der Waals surface area contributed by atoms with Crippen molar-refractivity contribution in [2.45, 2.75) is 82.5 Å². The lowest BCUT2D eigenvalue weighted by Crippen LogP contribution is -2.50. The lowest BCUT2D eigenvalue weighted by molar-refractivity contribution is -0.274. The summed E-state index contributed by atoms with van der Waals surface area (Å²) < 4.78 is 60.6. The van der Waals surface area contributed by atoms with Crippen molar-refractivity contribution < 1.29 is 41.5 Å². The molecule has 13 heteroatoms. The van der Waals surface area contributed by atoms with Gasteiger partial charge in [-0.05, 0) is 69.7 Å². The lowest BCUT2D eigenvalue weighted by Gasteiger charge is -2.38. The molecule has 2 aliphatic heterocycles. The second-order valence-electron chi connectivity index (χ2n) is 11.0. The summed E-state index contributed by atoms with van der Waals surface area (Å²) in [6.07, 6.45) is 1.11. The Bertz CT molecular complexity index is 1480. The van der Waals surface area contributed by atoms with Crippen LogP contribution in [0.5, 0.6) is 5.75 Å². The van der Waals surface area contributed by atoms with Crippen LogP contribution in [0.15, 0.2) is 47.1 Å². The normalized spacial score (nSPS) is 21.5. The Hall–Kier alpha value is -4.13. The molecule has 0 spiro atoms. The molecule has 3 aromatic rings. The van der Waals surface area contributed by atoms with Gasteiger partial charge in [-0.25, -0.2) is 14.6 Å². The molecule has 2 amide bonds. The molecule has 4 heterocycles. The van der Waals surface area contributed by atoms with Crippen molar-refractivity contribution in [1.82, 2.24) is 15.0 Å². The van der Waals surface area contributed by atoms with Crippen LogP contribution in [0.25, 0.3) is 11.3 Å². The van der Waals surface area contributed by atoms with E-state index in [4.69, 9.17) is 14.0 Å². The largest absolute Gasteiger partial charge is 0.573 e. The number of pyridine rings is 1. The summed E-state index contributed by atoms with van der Waals surface area (Å²) in [6.45, 7) is 2.07. The Morgan fingerprint density at radius 2 is 1.84 bits per heavy atom. The van der Waals surface area contributed by atoms with Gasteiger partial charge in [0.25, 0.3) is 0 Å². The van der Waals surface area contributed by atoms with Gasteiger partial charge in [0.2, 0.25) is 0 Å². The summed E-state index contributed by atoms with van der Waals surface area (Å²) in [7, 11) is 0. The molecule has 10 nitrogen and oxygen atoms in total. The maximum atomic E-state index is 13.3. The molecule has 1 N–H and O–H groups in total. The third-order valence-electron chi connectivity index (χ3n) is 8.03. The Labute approximate surface area is 245 Å². The fraction of sp³-hybridized carbons (Fsp3) is 0.467. The first kappa shape index (κ1) is 29.0. The third kappa shape index (κ3) is 6.46. The summed E-state index contributed by atoms with van der Waals surface area (Å²) in [6, 6.07) is 8.47. The molecule has 3 aliphatic rings. The fourth-order valence-electron chi connectivity index (χ4n) is 6.03. The molecule has 2 unspecified atom stereocenters. The van der Waals surface area contributed by atoms with Crippen LogP contribution < -0.4 is 10.1 Å². The first-order chi connectivity index (χ1) is 20.7. The molecule has 2 saturated heterocycles. The molecule has 1 saturated carbocycles. The summed E-state index contributed by atoms with van der Waals surface area (Å²) in [4.78, 5) is 31.3. The standard InChI is InChI=1S/C30H31F3N4O6/c1-2-40-28(38)18-11-12-34-25(13-18)35-29(39)37-19-9-10-20(37)15-21(14-19)41-16-23-26(36-43-27(23)17-7-8-17)22-5-3-4-6-24(22)42-30(31,32)33/h3-6,11-13,17,19-21H,2,7-10,14-16H2,1H3,(H,34,35,39). The van der Waals surface area contributed by atoms with Crippen LogP contribution in [0.3, 0.4) is 0 Å². The molecule has 43 heavy (non-hydrogen) atoms. The monoisotopic (exact) mass is 600 g/mol. The van der Waals surface area contributed by atoms with Crippen molar-refractivity contribution in [2.75, 3.05) is 11.9 Å². The number of ether oxygens (including phenoxy) is 3. The van der Waals surface area contributed by atoms with Crippen molar-refractivity contribution in [3.8, 4) is 17.0 Å². The number of urea groups is 1. The number of alkyl halides is 3. The van der Waals surface area contributed by atoms with E-state index in [-0.39, 0.29) is 66.2 Å². The van der Waals surface area contributed by atoms with Crippen LogP contribution >= 0.6 is 0 Å². The van der Waals surface area contributed by atoms with E-state index < -0.39 is 12.3 Å². The number of aromatic nitrogens is 2. The van der Waals surface area contributed by atoms with Gasteiger partial charge in [-0.1, -0.05) is 17.3 Å². The number of nitrogens with zero attached hydrogens (tertiary/aromatic N) is 3. The minimum Gasteiger partial charge on any atom is -0.462 e. The minimum atomic E-state index is -4.85. The fourth-order valence-corrected chi connectivity index (χ4v) is 6.03. The van der Waals surface area contributed by atoms with Crippen molar-refractivity contribution in [2.24, 2.45) is 0 Å². The zero-order chi connectivity index (χ0) is 30.1. The number of carbonyl (C=O) groups is 2. The van der Waals surface area contributed by atoms with Crippen LogP contribution in [0.1, 0.15) is 73.0 Å². The topological polar surface area (TPSA) is 116 Å². The van der Waals surface area contributed by atoms with Crippen molar-refractivity contribution in [1.29, 1.82) is 0 Å². The Morgan fingerprint density at radius 3 is 2.53 bits per heavy atom.